The monoisotopic (exact) mass is 323 g/mol. The Labute approximate surface area is 131 Å². The minimum absolute atomic E-state index is 0.262. The van der Waals surface area contributed by atoms with Crippen LogP contribution < -0.4 is 4.74 Å². The van der Waals surface area contributed by atoms with Gasteiger partial charge >= 0.3 is 0 Å². The van der Waals surface area contributed by atoms with Crippen molar-refractivity contribution in [2.45, 2.75) is 25.3 Å². The van der Waals surface area contributed by atoms with Crippen molar-refractivity contribution in [2.24, 2.45) is 7.05 Å². The lowest BCUT2D eigenvalue weighted by atomic mass is 10.2. The number of sulfonamides is 1. The second-order valence-corrected chi connectivity index (χ2v) is 7.50. The lowest BCUT2D eigenvalue weighted by Gasteiger charge is -2.12. The predicted octanol–water partition coefficient (Wildman–Crippen LogP) is 1.87. The van der Waals surface area contributed by atoms with Crippen LogP contribution in [0.5, 0.6) is 5.75 Å². The molecule has 2 aromatic rings. The van der Waals surface area contributed by atoms with Crippen LogP contribution in [0.3, 0.4) is 0 Å². The maximum Gasteiger partial charge on any atom is 0.242 e. The molecule has 6 nitrogen and oxygen atoms in total. The van der Waals surface area contributed by atoms with Crippen LogP contribution in [0.25, 0.3) is 0 Å². The summed E-state index contributed by atoms with van der Waals surface area (Å²) in [5.74, 6) is 0.739. The molecule has 1 aromatic heterocycles. The molecular weight excluding hydrogens is 302 g/mol. The molecule has 0 bridgehead atoms. The van der Waals surface area contributed by atoms with Gasteiger partial charge in [0.1, 0.15) is 12.3 Å². The third-order valence-corrected chi connectivity index (χ3v) is 5.31. The van der Waals surface area contributed by atoms with Crippen LogP contribution in [-0.4, -0.2) is 36.6 Å². The molecule has 0 N–H and O–H groups in total. The highest BCUT2D eigenvalue weighted by Crippen LogP contribution is 2.23. The number of benzene rings is 1. The van der Waals surface area contributed by atoms with Crippen molar-refractivity contribution in [3.63, 3.8) is 0 Å². The van der Waals surface area contributed by atoms with Gasteiger partial charge in [0, 0.05) is 21.1 Å². The molecule has 7 heteroatoms. The van der Waals surface area contributed by atoms with Gasteiger partial charge in [0.15, 0.2) is 5.75 Å². The van der Waals surface area contributed by atoms with Gasteiger partial charge in [0.05, 0.1) is 10.6 Å². The molecule has 2 rings (SSSR count). The summed E-state index contributed by atoms with van der Waals surface area (Å²) in [5, 5.41) is 4.29. The van der Waals surface area contributed by atoms with E-state index in [2.05, 4.69) is 5.10 Å². The molecule has 0 saturated heterocycles. The normalized spacial score (nSPS) is 11.9. The van der Waals surface area contributed by atoms with Gasteiger partial charge in [0.2, 0.25) is 10.0 Å². The highest BCUT2D eigenvalue weighted by Gasteiger charge is 2.17. The van der Waals surface area contributed by atoms with Crippen LogP contribution in [0.1, 0.15) is 17.0 Å². The van der Waals surface area contributed by atoms with Crippen LogP contribution in [0.4, 0.5) is 0 Å². The van der Waals surface area contributed by atoms with E-state index in [1.807, 2.05) is 27.0 Å². The van der Waals surface area contributed by atoms with Gasteiger partial charge < -0.3 is 4.74 Å². The first kappa shape index (κ1) is 16.5. The number of nitrogens with zero attached hydrogens (tertiary/aromatic N) is 3. The molecule has 0 aliphatic heterocycles. The average Bonchev–Trinajstić information content (AvgIpc) is 2.70. The summed E-state index contributed by atoms with van der Waals surface area (Å²) >= 11 is 0. The first-order valence-electron chi connectivity index (χ1n) is 6.88. The molecule has 22 heavy (non-hydrogen) atoms. The Bertz CT molecular complexity index is 779. The number of hydrogen-bond donors (Lipinski definition) is 0. The average molecular weight is 323 g/mol. The van der Waals surface area contributed by atoms with Gasteiger partial charge in [-0.25, -0.2) is 12.7 Å². The minimum atomic E-state index is -3.43. The van der Waals surface area contributed by atoms with E-state index in [1.54, 1.807) is 22.9 Å². The molecule has 0 saturated carbocycles. The first-order valence-corrected chi connectivity index (χ1v) is 8.32. The first-order chi connectivity index (χ1) is 10.2. The number of ether oxygens (including phenoxy) is 1. The molecular formula is C15H21N3O3S. The fraction of sp³-hybridized carbons (Fsp3) is 0.400. The van der Waals surface area contributed by atoms with Gasteiger partial charge in [-0.05, 0) is 31.5 Å². The smallest absolute Gasteiger partial charge is 0.242 e. The van der Waals surface area contributed by atoms with Crippen LogP contribution in [0, 0.1) is 13.8 Å². The van der Waals surface area contributed by atoms with E-state index >= 15 is 0 Å². The van der Waals surface area contributed by atoms with Crippen molar-refractivity contribution in [3.05, 3.63) is 41.2 Å². The van der Waals surface area contributed by atoms with Crippen LogP contribution in [0.15, 0.2) is 29.2 Å². The molecule has 0 atom stereocenters. The predicted molar refractivity (Wildman–Crippen MR) is 84.3 cm³/mol. The molecule has 0 radical (unpaired) electrons. The van der Waals surface area contributed by atoms with Crippen molar-refractivity contribution in [1.82, 2.24) is 14.1 Å². The second kappa shape index (κ2) is 6.10. The zero-order valence-electron chi connectivity index (χ0n) is 13.5. The van der Waals surface area contributed by atoms with Crippen molar-refractivity contribution < 1.29 is 13.2 Å². The van der Waals surface area contributed by atoms with Crippen molar-refractivity contribution in [1.29, 1.82) is 0 Å². The number of rotatable bonds is 5. The van der Waals surface area contributed by atoms with Gasteiger partial charge in [-0.15, -0.1) is 0 Å². The van der Waals surface area contributed by atoms with Crippen LogP contribution in [0.2, 0.25) is 0 Å². The SMILES string of the molecule is Cc1nn(C)c(C)c1OCc1cccc(S(=O)(=O)N(C)C)c1. The van der Waals surface area contributed by atoms with Gasteiger partial charge in [-0.3, -0.25) is 4.68 Å². The third-order valence-electron chi connectivity index (χ3n) is 3.50. The van der Waals surface area contributed by atoms with E-state index in [4.69, 9.17) is 4.74 Å². The number of hydrogen-bond acceptors (Lipinski definition) is 4. The zero-order valence-corrected chi connectivity index (χ0v) is 14.3. The molecule has 120 valence electrons. The summed E-state index contributed by atoms with van der Waals surface area (Å²) in [6.07, 6.45) is 0. The Morgan fingerprint density at radius 1 is 1.27 bits per heavy atom. The Morgan fingerprint density at radius 2 is 1.95 bits per heavy atom. The summed E-state index contributed by atoms with van der Waals surface area (Å²) < 4.78 is 33.1. The summed E-state index contributed by atoms with van der Waals surface area (Å²) in [7, 11) is 1.46. The van der Waals surface area contributed by atoms with E-state index in [1.165, 1.54) is 18.4 Å². The summed E-state index contributed by atoms with van der Waals surface area (Å²) in [6.45, 7) is 4.11. The fourth-order valence-electron chi connectivity index (χ4n) is 2.13. The lowest BCUT2D eigenvalue weighted by Crippen LogP contribution is -2.22. The number of aryl methyl sites for hydroxylation is 2. The van der Waals surface area contributed by atoms with E-state index in [9.17, 15) is 8.42 Å². The summed E-state index contributed by atoms with van der Waals surface area (Å²) in [6, 6.07) is 6.78. The minimum Gasteiger partial charge on any atom is -0.485 e. The highest BCUT2D eigenvalue weighted by atomic mass is 32.2. The van der Waals surface area contributed by atoms with Gasteiger partial charge in [-0.2, -0.15) is 5.10 Å². The van der Waals surface area contributed by atoms with Crippen molar-refractivity contribution in [2.75, 3.05) is 14.1 Å². The Hall–Kier alpha value is -1.86. The molecule has 1 aromatic carbocycles. The largest absolute Gasteiger partial charge is 0.485 e. The molecule has 0 fully saturated rings. The number of aromatic nitrogens is 2. The second-order valence-electron chi connectivity index (χ2n) is 5.35. The summed E-state index contributed by atoms with van der Waals surface area (Å²) in [4.78, 5) is 0.262. The molecule has 0 amide bonds. The highest BCUT2D eigenvalue weighted by molar-refractivity contribution is 7.89. The van der Waals surface area contributed by atoms with Crippen molar-refractivity contribution in [3.8, 4) is 5.75 Å². The maximum atomic E-state index is 12.1. The molecule has 0 spiro atoms. The van der Waals surface area contributed by atoms with Crippen LogP contribution in [-0.2, 0) is 23.7 Å². The Kier molecular flexibility index (Phi) is 4.58. The molecule has 1 heterocycles. The quantitative estimate of drug-likeness (QED) is 0.842. The van der Waals surface area contributed by atoms with Gasteiger partial charge in [-0.1, -0.05) is 12.1 Å². The topological polar surface area (TPSA) is 64.4 Å². The van der Waals surface area contributed by atoms with E-state index < -0.39 is 10.0 Å². The van der Waals surface area contributed by atoms with Gasteiger partial charge in [0.25, 0.3) is 0 Å². The van der Waals surface area contributed by atoms with E-state index in [0.29, 0.717) is 6.61 Å². The van der Waals surface area contributed by atoms with E-state index in [-0.39, 0.29) is 4.90 Å². The fourth-order valence-corrected chi connectivity index (χ4v) is 3.10. The lowest BCUT2D eigenvalue weighted by molar-refractivity contribution is 0.301. The van der Waals surface area contributed by atoms with Crippen LogP contribution >= 0.6 is 0 Å². The third kappa shape index (κ3) is 3.15. The maximum absolute atomic E-state index is 12.1. The Balaban J connectivity index is 2.22. The van der Waals surface area contributed by atoms with Crippen molar-refractivity contribution >= 4 is 10.0 Å². The Morgan fingerprint density at radius 3 is 2.50 bits per heavy atom. The molecule has 0 unspecified atom stereocenters. The summed E-state index contributed by atoms with van der Waals surface area (Å²) in [5.41, 5.74) is 2.55. The molecule has 0 aliphatic rings. The zero-order chi connectivity index (χ0) is 16.5. The van der Waals surface area contributed by atoms with E-state index in [0.717, 1.165) is 22.7 Å². The molecule has 0 aliphatic carbocycles. The standard InChI is InChI=1S/C15H21N3O3S/c1-11-15(12(2)18(5)16-11)21-10-13-7-6-8-14(9-13)22(19,20)17(3)4/h6-9H,10H2,1-5H3.